The normalized spacial score (nSPS) is 22.5. The van der Waals surface area contributed by atoms with Crippen LogP contribution in [0.2, 0.25) is 5.02 Å². The van der Waals surface area contributed by atoms with Crippen LogP contribution in [0.25, 0.3) is 5.69 Å². The van der Waals surface area contributed by atoms with Crippen molar-refractivity contribution in [3.05, 3.63) is 70.0 Å². The summed E-state index contributed by atoms with van der Waals surface area (Å²) >= 11 is 6.21. The molecule has 3 atom stereocenters. The number of aromatic nitrogens is 3. The molecule has 0 radical (unpaired) electrons. The number of aliphatic hydroxyl groups excluding tert-OH is 1. The molecule has 8 heteroatoms. The van der Waals surface area contributed by atoms with Crippen LogP contribution in [0.15, 0.2) is 36.4 Å². The highest BCUT2D eigenvalue weighted by Gasteiger charge is 2.42. The Morgan fingerprint density at radius 3 is 2.62 bits per heavy atom. The molecule has 2 aliphatic rings. The SMILES string of the molecule is CCc1nnc(C(C)C)n1-c1ccc(O[C@H]2c3cc(Cl)cc(F)c3C[C@@H]2N2CCC(O)C2)cc1. The Hall–Kier alpha value is -2.48. The molecule has 34 heavy (non-hydrogen) atoms. The highest BCUT2D eigenvalue weighted by Crippen LogP contribution is 2.41. The van der Waals surface area contributed by atoms with Crippen LogP contribution in [0, 0.1) is 5.82 Å². The molecule has 0 bridgehead atoms. The van der Waals surface area contributed by atoms with Gasteiger partial charge in [-0.05, 0) is 54.8 Å². The lowest BCUT2D eigenvalue weighted by Gasteiger charge is -2.30. The number of halogens is 2. The van der Waals surface area contributed by atoms with Gasteiger partial charge in [0, 0.05) is 41.7 Å². The average molecular weight is 485 g/mol. The number of aliphatic hydroxyl groups is 1. The number of ether oxygens (including phenoxy) is 1. The van der Waals surface area contributed by atoms with Gasteiger partial charge in [0.15, 0.2) is 0 Å². The predicted octanol–water partition coefficient (Wildman–Crippen LogP) is 4.86. The van der Waals surface area contributed by atoms with Crippen LogP contribution >= 0.6 is 11.6 Å². The standard InChI is InChI=1S/C26H30ClFN4O2/c1-4-24-29-30-26(15(2)3)32(24)17-5-7-19(8-6-17)34-25-21-11-16(27)12-22(28)20(21)13-23(25)31-10-9-18(33)14-31/h5-8,11-12,15,18,23,25,33H,4,9-10,13-14H2,1-3H3/t18?,23-,25-/m0/s1. The van der Waals surface area contributed by atoms with Crippen molar-refractivity contribution in [3.63, 3.8) is 0 Å². The minimum absolute atomic E-state index is 0.0584. The molecule has 2 aromatic carbocycles. The number of β-amino-alcohol motifs (C(OH)–C–C–N with tert-alkyl or cyclic N) is 1. The Labute approximate surface area is 204 Å². The molecule has 1 aliphatic heterocycles. The van der Waals surface area contributed by atoms with Gasteiger partial charge in [-0.1, -0.05) is 32.4 Å². The number of fused-ring (bicyclic) bond motifs is 1. The van der Waals surface area contributed by atoms with E-state index in [2.05, 4.69) is 40.4 Å². The van der Waals surface area contributed by atoms with Gasteiger partial charge >= 0.3 is 0 Å². The van der Waals surface area contributed by atoms with Crippen molar-refractivity contribution >= 4 is 11.6 Å². The highest BCUT2D eigenvalue weighted by atomic mass is 35.5. The molecule has 5 rings (SSSR count). The van der Waals surface area contributed by atoms with Crippen molar-refractivity contribution in [2.24, 2.45) is 0 Å². The fraction of sp³-hybridized carbons (Fsp3) is 0.462. The number of hydrogen-bond acceptors (Lipinski definition) is 5. The van der Waals surface area contributed by atoms with Crippen LogP contribution in [0.5, 0.6) is 5.75 Å². The van der Waals surface area contributed by atoms with E-state index in [1.165, 1.54) is 6.07 Å². The summed E-state index contributed by atoms with van der Waals surface area (Å²) in [5, 5.41) is 19.2. The Morgan fingerprint density at radius 2 is 1.97 bits per heavy atom. The maximum Gasteiger partial charge on any atom is 0.140 e. The molecular formula is C26H30ClFN4O2. The Morgan fingerprint density at radius 1 is 1.21 bits per heavy atom. The van der Waals surface area contributed by atoms with Gasteiger partial charge in [-0.2, -0.15) is 0 Å². The molecule has 1 aromatic heterocycles. The monoisotopic (exact) mass is 484 g/mol. The second-order valence-corrected chi connectivity index (χ2v) is 9.95. The van der Waals surface area contributed by atoms with Gasteiger partial charge in [0.2, 0.25) is 0 Å². The summed E-state index contributed by atoms with van der Waals surface area (Å²) in [6.07, 6.45) is 1.31. The topological polar surface area (TPSA) is 63.4 Å². The molecule has 3 aromatic rings. The van der Waals surface area contributed by atoms with Crippen LogP contribution in [0.1, 0.15) is 62.0 Å². The van der Waals surface area contributed by atoms with Crippen molar-refractivity contribution < 1.29 is 14.2 Å². The summed E-state index contributed by atoms with van der Waals surface area (Å²) in [5.41, 5.74) is 2.42. The van der Waals surface area contributed by atoms with E-state index in [1.54, 1.807) is 0 Å². The number of benzene rings is 2. The van der Waals surface area contributed by atoms with E-state index < -0.39 is 0 Å². The van der Waals surface area contributed by atoms with Gasteiger partial charge in [-0.15, -0.1) is 10.2 Å². The molecule has 180 valence electrons. The highest BCUT2D eigenvalue weighted by molar-refractivity contribution is 6.30. The molecule has 1 N–H and O–H groups in total. The number of nitrogens with zero attached hydrogens (tertiary/aromatic N) is 4. The lowest BCUT2D eigenvalue weighted by atomic mass is 10.1. The minimum Gasteiger partial charge on any atom is -0.484 e. The summed E-state index contributed by atoms with van der Waals surface area (Å²) < 4.78 is 23.4. The van der Waals surface area contributed by atoms with Crippen LogP contribution in [-0.2, 0) is 12.8 Å². The van der Waals surface area contributed by atoms with Crippen LogP contribution in [0.4, 0.5) is 4.39 Å². The van der Waals surface area contributed by atoms with E-state index in [4.69, 9.17) is 16.3 Å². The third-order valence-corrected chi connectivity index (χ3v) is 7.09. The first-order valence-electron chi connectivity index (χ1n) is 12.0. The zero-order chi connectivity index (χ0) is 24.0. The zero-order valence-corrected chi connectivity index (χ0v) is 20.5. The van der Waals surface area contributed by atoms with E-state index in [9.17, 15) is 9.50 Å². The van der Waals surface area contributed by atoms with E-state index in [0.29, 0.717) is 35.7 Å². The maximum absolute atomic E-state index is 14.8. The fourth-order valence-corrected chi connectivity index (χ4v) is 5.40. The second-order valence-electron chi connectivity index (χ2n) is 9.51. The van der Waals surface area contributed by atoms with E-state index in [-0.39, 0.29) is 30.0 Å². The maximum atomic E-state index is 14.8. The first kappa shape index (κ1) is 23.3. The van der Waals surface area contributed by atoms with Gasteiger partial charge in [-0.25, -0.2) is 4.39 Å². The van der Waals surface area contributed by atoms with Crippen molar-refractivity contribution in [1.29, 1.82) is 0 Å². The first-order valence-corrected chi connectivity index (χ1v) is 12.3. The first-order chi connectivity index (χ1) is 16.4. The van der Waals surface area contributed by atoms with Gasteiger partial charge in [0.1, 0.15) is 29.3 Å². The molecule has 0 spiro atoms. The lowest BCUT2D eigenvalue weighted by molar-refractivity contribution is 0.0818. The van der Waals surface area contributed by atoms with Crippen molar-refractivity contribution in [3.8, 4) is 11.4 Å². The Bertz CT molecular complexity index is 1180. The number of hydrogen-bond donors (Lipinski definition) is 1. The summed E-state index contributed by atoms with van der Waals surface area (Å²) in [4.78, 5) is 2.21. The molecule has 1 fully saturated rings. The average Bonchev–Trinajstić information content (AvgIpc) is 3.51. The fourth-order valence-electron chi connectivity index (χ4n) is 5.18. The Balaban J connectivity index is 1.45. The number of rotatable bonds is 6. The van der Waals surface area contributed by atoms with Crippen molar-refractivity contribution in [2.75, 3.05) is 13.1 Å². The molecule has 2 heterocycles. The van der Waals surface area contributed by atoms with Gasteiger partial charge in [-0.3, -0.25) is 9.47 Å². The van der Waals surface area contributed by atoms with Gasteiger partial charge < -0.3 is 9.84 Å². The van der Waals surface area contributed by atoms with Crippen molar-refractivity contribution in [2.45, 2.75) is 64.2 Å². The van der Waals surface area contributed by atoms with E-state index in [1.807, 2.05) is 30.3 Å². The van der Waals surface area contributed by atoms with E-state index in [0.717, 1.165) is 35.9 Å². The second kappa shape index (κ2) is 9.29. The molecule has 0 saturated carbocycles. The summed E-state index contributed by atoms with van der Waals surface area (Å²) in [5.74, 6) is 2.49. The number of likely N-dealkylation sites (tertiary alicyclic amines) is 1. The Kier molecular flexibility index (Phi) is 6.35. The summed E-state index contributed by atoms with van der Waals surface area (Å²) in [7, 11) is 0. The zero-order valence-electron chi connectivity index (χ0n) is 19.7. The van der Waals surface area contributed by atoms with Gasteiger partial charge in [0.25, 0.3) is 0 Å². The molecule has 6 nitrogen and oxygen atoms in total. The van der Waals surface area contributed by atoms with Crippen LogP contribution in [0.3, 0.4) is 0 Å². The van der Waals surface area contributed by atoms with Gasteiger partial charge in [0.05, 0.1) is 12.1 Å². The third kappa shape index (κ3) is 4.21. The van der Waals surface area contributed by atoms with Crippen LogP contribution < -0.4 is 4.74 Å². The summed E-state index contributed by atoms with van der Waals surface area (Å²) in [6, 6.07) is 11.0. The summed E-state index contributed by atoms with van der Waals surface area (Å²) in [6.45, 7) is 7.61. The van der Waals surface area contributed by atoms with E-state index >= 15 is 0 Å². The smallest absolute Gasteiger partial charge is 0.140 e. The van der Waals surface area contributed by atoms with Crippen LogP contribution in [-0.4, -0.2) is 50.0 Å². The number of aryl methyl sites for hydroxylation is 1. The molecular weight excluding hydrogens is 455 g/mol. The predicted molar refractivity (Wildman–Crippen MR) is 129 cm³/mol. The third-order valence-electron chi connectivity index (χ3n) is 6.87. The van der Waals surface area contributed by atoms with Crippen molar-refractivity contribution in [1.82, 2.24) is 19.7 Å². The molecule has 1 saturated heterocycles. The quantitative estimate of drug-likeness (QED) is 0.541. The largest absolute Gasteiger partial charge is 0.484 e. The molecule has 1 unspecified atom stereocenters. The molecule has 0 amide bonds. The molecule has 1 aliphatic carbocycles. The lowest BCUT2D eigenvalue weighted by Crippen LogP contribution is -2.39. The minimum atomic E-state index is -0.369.